The third kappa shape index (κ3) is 1.63. The highest BCUT2D eigenvalue weighted by atomic mass is 16.7. The van der Waals surface area contributed by atoms with Crippen molar-refractivity contribution in [2.45, 2.75) is 18.9 Å². The van der Waals surface area contributed by atoms with E-state index >= 15 is 0 Å². The molecule has 1 atom stereocenters. The van der Waals surface area contributed by atoms with Crippen molar-refractivity contribution in [1.82, 2.24) is 0 Å². The lowest BCUT2D eigenvalue weighted by Gasteiger charge is -2.17. The average molecular weight is 190 g/mol. The van der Waals surface area contributed by atoms with Crippen molar-refractivity contribution in [2.75, 3.05) is 6.54 Å². The molecule has 0 bridgehead atoms. The summed E-state index contributed by atoms with van der Waals surface area (Å²) in [5.41, 5.74) is 7.40. The van der Waals surface area contributed by atoms with Gasteiger partial charge < -0.3 is 10.6 Å². The van der Waals surface area contributed by atoms with Gasteiger partial charge >= 0.3 is 0 Å². The van der Waals surface area contributed by atoms with E-state index in [1.54, 1.807) is 0 Å². The highest BCUT2D eigenvalue weighted by Gasteiger charge is 2.33. The number of nitrogens with two attached hydrogens (primary N) is 1. The zero-order chi connectivity index (χ0) is 10.0. The number of nitrogens with zero attached hydrogens (tertiary/aromatic N) is 1. The Balaban J connectivity index is 2.17. The third-order valence-electron chi connectivity index (χ3n) is 2.46. The lowest BCUT2D eigenvalue weighted by atomic mass is 9.96. The van der Waals surface area contributed by atoms with E-state index in [0.29, 0.717) is 6.54 Å². The zero-order valence-corrected chi connectivity index (χ0v) is 8.23. The van der Waals surface area contributed by atoms with Gasteiger partial charge in [-0.25, -0.2) is 0 Å². The van der Waals surface area contributed by atoms with Crippen LogP contribution in [0.15, 0.2) is 35.5 Å². The first-order valence-corrected chi connectivity index (χ1v) is 4.74. The quantitative estimate of drug-likeness (QED) is 0.768. The van der Waals surface area contributed by atoms with Crippen LogP contribution in [0, 0.1) is 0 Å². The zero-order valence-electron chi connectivity index (χ0n) is 8.23. The summed E-state index contributed by atoms with van der Waals surface area (Å²) in [5, 5.41) is 4.07. The summed E-state index contributed by atoms with van der Waals surface area (Å²) in [5.74, 6) is 0. The van der Waals surface area contributed by atoms with Gasteiger partial charge in [-0.15, -0.1) is 0 Å². The van der Waals surface area contributed by atoms with Crippen LogP contribution in [-0.2, 0) is 4.84 Å². The normalized spacial score (nSPS) is 25.7. The van der Waals surface area contributed by atoms with Crippen molar-refractivity contribution in [3.05, 3.63) is 35.9 Å². The van der Waals surface area contributed by atoms with Crippen LogP contribution in [0.4, 0.5) is 0 Å². The Labute approximate surface area is 83.6 Å². The fourth-order valence-electron chi connectivity index (χ4n) is 1.48. The molecule has 0 amide bonds. The van der Waals surface area contributed by atoms with Crippen molar-refractivity contribution in [1.29, 1.82) is 0 Å². The maximum absolute atomic E-state index is 5.61. The van der Waals surface area contributed by atoms with Crippen LogP contribution in [0.1, 0.15) is 18.9 Å². The summed E-state index contributed by atoms with van der Waals surface area (Å²) in [6.45, 7) is 2.47. The van der Waals surface area contributed by atoms with Crippen molar-refractivity contribution in [3.8, 4) is 0 Å². The predicted octanol–water partition coefficient (Wildman–Crippen LogP) is 1.53. The second-order valence-corrected chi connectivity index (χ2v) is 3.83. The van der Waals surface area contributed by atoms with Crippen LogP contribution < -0.4 is 5.73 Å². The molecule has 14 heavy (non-hydrogen) atoms. The van der Waals surface area contributed by atoms with Crippen molar-refractivity contribution < 1.29 is 4.84 Å². The van der Waals surface area contributed by atoms with Crippen LogP contribution in [0.25, 0.3) is 0 Å². The van der Waals surface area contributed by atoms with Gasteiger partial charge in [-0.1, -0.05) is 35.5 Å². The molecule has 1 aromatic rings. The van der Waals surface area contributed by atoms with Crippen molar-refractivity contribution >= 4 is 5.71 Å². The molecule has 0 fully saturated rings. The Hall–Kier alpha value is -1.35. The molecule has 1 aliphatic rings. The molecule has 74 valence electrons. The Morgan fingerprint density at radius 3 is 2.71 bits per heavy atom. The van der Waals surface area contributed by atoms with Gasteiger partial charge in [0.1, 0.15) is 0 Å². The molecule has 3 heteroatoms. The van der Waals surface area contributed by atoms with Gasteiger partial charge in [-0.2, -0.15) is 0 Å². The third-order valence-corrected chi connectivity index (χ3v) is 2.46. The van der Waals surface area contributed by atoms with E-state index in [1.165, 1.54) is 0 Å². The second kappa shape index (κ2) is 3.42. The fourth-order valence-corrected chi connectivity index (χ4v) is 1.48. The monoisotopic (exact) mass is 190 g/mol. The maximum Gasteiger partial charge on any atom is 0.152 e. The van der Waals surface area contributed by atoms with Crippen LogP contribution in [0.5, 0.6) is 0 Å². The molecule has 0 aromatic heterocycles. The van der Waals surface area contributed by atoms with Gasteiger partial charge in [0.25, 0.3) is 0 Å². The van der Waals surface area contributed by atoms with E-state index in [-0.39, 0.29) is 5.60 Å². The largest absolute Gasteiger partial charge is 0.387 e. The number of oxime groups is 1. The van der Waals surface area contributed by atoms with Gasteiger partial charge in [0, 0.05) is 13.0 Å². The summed E-state index contributed by atoms with van der Waals surface area (Å²) in [6, 6.07) is 10.0. The Bertz CT molecular complexity index is 348. The summed E-state index contributed by atoms with van der Waals surface area (Å²) in [7, 11) is 0. The van der Waals surface area contributed by atoms with E-state index in [1.807, 2.05) is 37.3 Å². The van der Waals surface area contributed by atoms with Gasteiger partial charge in [0.05, 0.1) is 5.71 Å². The smallest absolute Gasteiger partial charge is 0.152 e. The molecule has 0 aliphatic carbocycles. The molecule has 1 unspecified atom stereocenters. The first kappa shape index (κ1) is 9.21. The van der Waals surface area contributed by atoms with E-state index in [0.717, 1.165) is 17.7 Å². The predicted molar refractivity (Wildman–Crippen MR) is 56.1 cm³/mol. The van der Waals surface area contributed by atoms with E-state index in [2.05, 4.69) is 5.16 Å². The first-order valence-electron chi connectivity index (χ1n) is 4.74. The minimum atomic E-state index is -0.314. The van der Waals surface area contributed by atoms with Crippen molar-refractivity contribution in [2.24, 2.45) is 10.9 Å². The van der Waals surface area contributed by atoms with Crippen LogP contribution in [0.2, 0.25) is 0 Å². The van der Waals surface area contributed by atoms with Gasteiger partial charge in [0.2, 0.25) is 0 Å². The molecule has 2 rings (SSSR count). The minimum absolute atomic E-state index is 0.314. The molecule has 2 N–H and O–H groups in total. The molecule has 1 aromatic carbocycles. The van der Waals surface area contributed by atoms with E-state index < -0.39 is 0 Å². The lowest BCUT2D eigenvalue weighted by molar-refractivity contribution is 0.00422. The Morgan fingerprint density at radius 2 is 2.14 bits per heavy atom. The average Bonchev–Trinajstić information content (AvgIpc) is 2.63. The minimum Gasteiger partial charge on any atom is -0.387 e. The molecular formula is C11H14N2O. The van der Waals surface area contributed by atoms with Crippen LogP contribution >= 0.6 is 0 Å². The fraction of sp³-hybridized carbons (Fsp3) is 0.364. The summed E-state index contributed by atoms with van der Waals surface area (Å²) < 4.78 is 0. The molecule has 0 spiro atoms. The molecule has 3 nitrogen and oxygen atoms in total. The molecule has 1 heterocycles. The Morgan fingerprint density at radius 1 is 1.43 bits per heavy atom. The molecular weight excluding hydrogens is 176 g/mol. The van der Waals surface area contributed by atoms with Crippen LogP contribution in [-0.4, -0.2) is 17.9 Å². The number of hydrogen-bond acceptors (Lipinski definition) is 3. The summed E-state index contributed by atoms with van der Waals surface area (Å²) in [4.78, 5) is 5.32. The number of hydrogen-bond donors (Lipinski definition) is 1. The highest BCUT2D eigenvalue weighted by molar-refractivity contribution is 6.01. The highest BCUT2D eigenvalue weighted by Crippen LogP contribution is 2.24. The molecule has 0 radical (unpaired) electrons. The van der Waals surface area contributed by atoms with Gasteiger partial charge in [-0.05, 0) is 12.5 Å². The second-order valence-electron chi connectivity index (χ2n) is 3.83. The SMILES string of the molecule is CC1(CN)CC(c2ccccc2)=NO1. The maximum atomic E-state index is 5.61. The summed E-state index contributed by atoms with van der Waals surface area (Å²) in [6.07, 6.45) is 0.785. The number of rotatable bonds is 2. The van der Waals surface area contributed by atoms with Gasteiger partial charge in [0.15, 0.2) is 5.60 Å². The van der Waals surface area contributed by atoms with Crippen LogP contribution in [0.3, 0.4) is 0 Å². The number of benzene rings is 1. The topological polar surface area (TPSA) is 47.6 Å². The molecule has 0 saturated heterocycles. The molecule has 1 aliphatic heterocycles. The van der Waals surface area contributed by atoms with Gasteiger partial charge in [-0.3, -0.25) is 0 Å². The lowest BCUT2D eigenvalue weighted by Crippen LogP contribution is -2.34. The molecule has 0 saturated carbocycles. The Kier molecular flexibility index (Phi) is 2.25. The standard InChI is InChI=1S/C11H14N2O/c1-11(8-12)7-10(13-14-11)9-5-3-2-4-6-9/h2-6H,7-8,12H2,1H3. The summed E-state index contributed by atoms with van der Waals surface area (Å²) >= 11 is 0. The first-order chi connectivity index (χ1) is 6.73. The van der Waals surface area contributed by atoms with Crippen molar-refractivity contribution in [3.63, 3.8) is 0 Å². The van der Waals surface area contributed by atoms with E-state index in [9.17, 15) is 0 Å². The van der Waals surface area contributed by atoms with E-state index in [4.69, 9.17) is 10.6 Å².